The first-order chi connectivity index (χ1) is 4.86. The Hall–Kier alpha value is -0.353. The topological polar surface area (TPSA) is 46.5 Å². The molecule has 0 spiro atoms. The molecular weight excluding hydrogens is 160 g/mol. The fourth-order valence-electron chi connectivity index (χ4n) is 1.06. The third-order valence-corrected chi connectivity index (χ3v) is 2.60. The van der Waals surface area contributed by atoms with E-state index in [0.29, 0.717) is 12.8 Å². The summed E-state index contributed by atoms with van der Waals surface area (Å²) in [5, 5.41) is 8.76. The summed E-state index contributed by atoms with van der Waals surface area (Å²) in [7, 11) is -1.67. The normalized spacial score (nSPS) is 21.4. The van der Waals surface area contributed by atoms with Crippen LogP contribution in [-0.2, 0) is 9.22 Å². The number of aliphatic carboxylic acids is 1. The summed E-state index contributed by atoms with van der Waals surface area (Å²) in [5.41, 5.74) is -0.787. The summed E-state index contributed by atoms with van der Waals surface area (Å²) in [5.74, 6) is -0.792. The van der Waals surface area contributed by atoms with Gasteiger partial charge in [0.25, 0.3) is 0 Å². The van der Waals surface area contributed by atoms with Gasteiger partial charge in [-0.15, -0.1) is 0 Å². The molecule has 0 aliphatic heterocycles. The van der Waals surface area contributed by atoms with Gasteiger partial charge in [0.05, 0.1) is 0 Å². The molecule has 0 radical (unpaired) electrons. The summed E-state index contributed by atoms with van der Waals surface area (Å²) >= 11 is 0. The number of hydrogen-bond donors (Lipinski definition) is 1. The van der Waals surface area contributed by atoms with Gasteiger partial charge in [0, 0.05) is 0 Å². The van der Waals surface area contributed by atoms with Crippen LogP contribution in [0.25, 0.3) is 0 Å². The van der Waals surface area contributed by atoms with Crippen LogP contribution in [0.15, 0.2) is 0 Å². The second-order valence-corrected chi connectivity index (χ2v) is 8.44. The standard InChI is InChI=1S/C7H14O3Si/c1-11(2,3)10-7(4-5-7)6(8)9/h4-5H2,1-3H3,(H,8,9). The zero-order valence-electron chi connectivity index (χ0n) is 7.18. The van der Waals surface area contributed by atoms with Gasteiger partial charge in [-0.1, -0.05) is 0 Å². The molecule has 0 aromatic carbocycles. The Kier molecular flexibility index (Phi) is 1.84. The molecule has 0 aromatic heterocycles. The summed E-state index contributed by atoms with van der Waals surface area (Å²) in [6.07, 6.45) is 1.37. The van der Waals surface area contributed by atoms with Crippen molar-refractivity contribution in [3.63, 3.8) is 0 Å². The maximum atomic E-state index is 10.7. The van der Waals surface area contributed by atoms with Crippen molar-refractivity contribution in [3.8, 4) is 0 Å². The van der Waals surface area contributed by atoms with Gasteiger partial charge >= 0.3 is 5.97 Å². The van der Waals surface area contributed by atoms with Crippen LogP contribution in [0.4, 0.5) is 0 Å². The first kappa shape index (κ1) is 8.74. The summed E-state index contributed by atoms with van der Waals surface area (Å²) in [6.45, 7) is 6.03. The number of carboxylic acid groups (broad SMARTS) is 1. The molecule has 0 saturated heterocycles. The van der Waals surface area contributed by atoms with Crippen LogP contribution < -0.4 is 0 Å². The van der Waals surface area contributed by atoms with Crippen LogP contribution in [0.1, 0.15) is 12.8 Å². The highest BCUT2D eigenvalue weighted by atomic mass is 28.4. The molecule has 4 heteroatoms. The van der Waals surface area contributed by atoms with Crippen LogP contribution in [0.5, 0.6) is 0 Å². The molecule has 0 unspecified atom stereocenters. The zero-order valence-corrected chi connectivity index (χ0v) is 8.18. The van der Waals surface area contributed by atoms with Crippen LogP contribution in [0.3, 0.4) is 0 Å². The minimum absolute atomic E-state index is 0.687. The molecule has 1 aliphatic carbocycles. The summed E-state index contributed by atoms with van der Waals surface area (Å²) in [4.78, 5) is 10.7. The molecule has 0 heterocycles. The predicted molar refractivity (Wildman–Crippen MR) is 44.0 cm³/mol. The molecule has 0 aromatic rings. The molecule has 1 rings (SSSR count). The van der Waals surface area contributed by atoms with Gasteiger partial charge in [-0.25, -0.2) is 4.79 Å². The molecule has 3 nitrogen and oxygen atoms in total. The molecular formula is C7H14O3Si. The van der Waals surface area contributed by atoms with E-state index in [0.717, 1.165) is 0 Å². The Bertz CT molecular complexity index is 179. The monoisotopic (exact) mass is 174 g/mol. The smallest absolute Gasteiger partial charge is 0.334 e. The van der Waals surface area contributed by atoms with Crippen molar-refractivity contribution in [1.29, 1.82) is 0 Å². The number of rotatable bonds is 3. The minimum atomic E-state index is -1.67. The number of carboxylic acids is 1. The third-order valence-electron chi connectivity index (χ3n) is 1.60. The highest BCUT2D eigenvalue weighted by Crippen LogP contribution is 2.41. The van der Waals surface area contributed by atoms with Gasteiger partial charge in [-0.05, 0) is 32.5 Å². The van der Waals surface area contributed by atoms with Crippen molar-refractivity contribution in [3.05, 3.63) is 0 Å². The Balaban J connectivity index is 2.55. The second kappa shape index (κ2) is 2.32. The van der Waals surface area contributed by atoms with E-state index < -0.39 is 19.9 Å². The van der Waals surface area contributed by atoms with Crippen molar-refractivity contribution >= 4 is 14.3 Å². The van der Waals surface area contributed by atoms with E-state index in [-0.39, 0.29) is 0 Å². The largest absolute Gasteiger partial charge is 0.479 e. The molecule has 0 atom stereocenters. The molecule has 1 fully saturated rings. The van der Waals surface area contributed by atoms with Gasteiger partial charge in [0.15, 0.2) is 13.9 Å². The summed E-state index contributed by atoms with van der Waals surface area (Å²) < 4.78 is 5.54. The Morgan fingerprint density at radius 1 is 1.45 bits per heavy atom. The molecule has 1 saturated carbocycles. The van der Waals surface area contributed by atoms with Crippen LogP contribution >= 0.6 is 0 Å². The second-order valence-electron chi connectivity index (χ2n) is 4.01. The minimum Gasteiger partial charge on any atom is -0.479 e. The quantitative estimate of drug-likeness (QED) is 0.659. The Morgan fingerprint density at radius 3 is 2.00 bits per heavy atom. The number of hydrogen-bond acceptors (Lipinski definition) is 2. The van der Waals surface area contributed by atoms with Gasteiger partial charge < -0.3 is 9.53 Å². The van der Waals surface area contributed by atoms with E-state index in [9.17, 15) is 4.79 Å². The van der Waals surface area contributed by atoms with Crippen molar-refractivity contribution in [2.24, 2.45) is 0 Å². The van der Waals surface area contributed by atoms with E-state index in [1.54, 1.807) is 0 Å². The van der Waals surface area contributed by atoms with Crippen LogP contribution in [0, 0.1) is 0 Å². The lowest BCUT2D eigenvalue weighted by Gasteiger charge is -2.22. The van der Waals surface area contributed by atoms with Crippen molar-refractivity contribution in [1.82, 2.24) is 0 Å². The van der Waals surface area contributed by atoms with Gasteiger partial charge in [0.1, 0.15) is 0 Å². The number of carbonyl (C=O) groups is 1. The lowest BCUT2D eigenvalue weighted by atomic mass is 10.4. The van der Waals surface area contributed by atoms with Crippen LogP contribution in [-0.4, -0.2) is 25.0 Å². The Morgan fingerprint density at radius 2 is 1.91 bits per heavy atom. The highest BCUT2D eigenvalue weighted by Gasteiger charge is 2.53. The first-order valence-electron chi connectivity index (χ1n) is 3.79. The Labute approximate surface area is 67.5 Å². The molecule has 0 bridgehead atoms. The van der Waals surface area contributed by atoms with Crippen molar-refractivity contribution in [2.75, 3.05) is 0 Å². The van der Waals surface area contributed by atoms with E-state index in [4.69, 9.17) is 9.53 Å². The van der Waals surface area contributed by atoms with E-state index >= 15 is 0 Å². The third kappa shape index (κ3) is 2.04. The van der Waals surface area contributed by atoms with E-state index in [1.165, 1.54) is 0 Å². The maximum absolute atomic E-state index is 10.7. The average molecular weight is 174 g/mol. The lowest BCUT2D eigenvalue weighted by molar-refractivity contribution is -0.147. The van der Waals surface area contributed by atoms with Crippen molar-refractivity contribution < 1.29 is 14.3 Å². The molecule has 1 N–H and O–H groups in total. The average Bonchev–Trinajstić information content (AvgIpc) is 2.43. The summed E-state index contributed by atoms with van der Waals surface area (Å²) in [6, 6.07) is 0. The van der Waals surface area contributed by atoms with Gasteiger partial charge in [-0.2, -0.15) is 0 Å². The predicted octanol–water partition coefficient (Wildman–Crippen LogP) is 1.46. The molecule has 0 amide bonds. The fraction of sp³-hybridized carbons (Fsp3) is 0.857. The SMILES string of the molecule is C[Si](C)(C)OC1(C(=O)O)CC1. The van der Waals surface area contributed by atoms with Gasteiger partial charge in [-0.3, -0.25) is 0 Å². The maximum Gasteiger partial charge on any atom is 0.334 e. The van der Waals surface area contributed by atoms with Gasteiger partial charge in [0.2, 0.25) is 0 Å². The zero-order chi connectivity index (χ0) is 8.70. The van der Waals surface area contributed by atoms with E-state index in [2.05, 4.69) is 0 Å². The van der Waals surface area contributed by atoms with Crippen molar-refractivity contribution in [2.45, 2.75) is 38.1 Å². The van der Waals surface area contributed by atoms with E-state index in [1.807, 2.05) is 19.6 Å². The lowest BCUT2D eigenvalue weighted by Crippen LogP contribution is -2.38. The molecule has 11 heavy (non-hydrogen) atoms. The molecule has 1 aliphatic rings. The fourth-order valence-corrected chi connectivity index (χ4v) is 2.52. The molecule has 64 valence electrons. The highest BCUT2D eigenvalue weighted by molar-refractivity contribution is 6.70. The van der Waals surface area contributed by atoms with Crippen LogP contribution in [0.2, 0.25) is 19.6 Å². The first-order valence-corrected chi connectivity index (χ1v) is 7.20.